The zero-order valence-electron chi connectivity index (χ0n) is 20.0. The molecule has 1 amide bonds. The standard InChI is InChI=1S/C26H26F3N5O2/c1-3-21(34-22-10-5-4-9-20(22)24-30-23(35)15-17(2)33(24)34)25(36)32-13-11-31(12-14-32)19-8-6-7-18(16-19)26(27,28)29/h4-10,15-16,21H,3,11-14H2,1-2H3. The Kier molecular flexibility index (Phi) is 5.97. The molecule has 1 atom stereocenters. The van der Waals surface area contributed by atoms with E-state index in [-0.39, 0.29) is 11.5 Å². The van der Waals surface area contributed by atoms with Crippen molar-refractivity contribution < 1.29 is 18.0 Å². The first-order chi connectivity index (χ1) is 17.2. The summed E-state index contributed by atoms with van der Waals surface area (Å²) in [5.41, 5.74) is 1.48. The van der Waals surface area contributed by atoms with Crippen molar-refractivity contribution in [2.75, 3.05) is 31.1 Å². The van der Waals surface area contributed by atoms with E-state index in [1.54, 1.807) is 11.0 Å². The van der Waals surface area contributed by atoms with Gasteiger partial charge in [0.2, 0.25) is 5.91 Å². The molecule has 1 saturated heterocycles. The summed E-state index contributed by atoms with van der Waals surface area (Å²) in [6.45, 7) is 5.42. The van der Waals surface area contributed by atoms with Crippen LogP contribution in [0.25, 0.3) is 16.6 Å². The number of hydrogen-bond acceptors (Lipinski definition) is 4. The van der Waals surface area contributed by atoms with Crippen molar-refractivity contribution in [3.05, 3.63) is 76.2 Å². The highest BCUT2D eigenvalue weighted by Crippen LogP contribution is 2.32. The van der Waals surface area contributed by atoms with Crippen molar-refractivity contribution in [1.29, 1.82) is 0 Å². The Balaban J connectivity index is 1.43. The fraction of sp³-hybridized carbons (Fsp3) is 0.346. The third-order valence-corrected chi connectivity index (χ3v) is 6.79. The lowest BCUT2D eigenvalue weighted by atomic mass is 10.1. The van der Waals surface area contributed by atoms with Gasteiger partial charge in [-0.2, -0.15) is 18.2 Å². The fourth-order valence-corrected chi connectivity index (χ4v) is 5.04. The van der Waals surface area contributed by atoms with E-state index in [4.69, 9.17) is 0 Å². The number of halogens is 3. The maximum atomic E-state index is 13.8. The van der Waals surface area contributed by atoms with Crippen LogP contribution in [0.1, 0.15) is 30.6 Å². The zero-order valence-corrected chi connectivity index (χ0v) is 20.0. The smallest absolute Gasteiger partial charge is 0.368 e. The normalized spacial score (nSPS) is 15.6. The number of para-hydroxylation sites is 1. The molecular weight excluding hydrogens is 471 g/mol. The lowest BCUT2D eigenvalue weighted by Crippen LogP contribution is -2.51. The molecule has 7 nitrogen and oxygen atoms in total. The van der Waals surface area contributed by atoms with E-state index < -0.39 is 17.8 Å². The van der Waals surface area contributed by atoms with E-state index in [1.165, 1.54) is 12.1 Å². The van der Waals surface area contributed by atoms with Crippen LogP contribution in [-0.2, 0) is 11.0 Å². The molecule has 0 saturated carbocycles. The van der Waals surface area contributed by atoms with Gasteiger partial charge in [0.1, 0.15) is 6.04 Å². The second-order valence-electron chi connectivity index (χ2n) is 9.02. The largest absolute Gasteiger partial charge is 0.416 e. The van der Waals surface area contributed by atoms with Crippen molar-refractivity contribution in [3.8, 4) is 0 Å². The molecule has 2 aromatic heterocycles. The van der Waals surface area contributed by atoms with Crippen LogP contribution in [0.3, 0.4) is 0 Å². The third kappa shape index (κ3) is 4.10. The van der Waals surface area contributed by atoms with Crippen molar-refractivity contribution in [2.24, 2.45) is 0 Å². The van der Waals surface area contributed by atoms with E-state index in [2.05, 4.69) is 4.98 Å². The molecule has 3 heterocycles. The maximum absolute atomic E-state index is 13.8. The highest BCUT2D eigenvalue weighted by Gasteiger charge is 2.33. The molecule has 36 heavy (non-hydrogen) atoms. The van der Waals surface area contributed by atoms with E-state index in [1.807, 2.05) is 52.2 Å². The number of nitrogens with zero attached hydrogens (tertiary/aromatic N) is 5. The second kappa shape index (κ2) is 9.00. The minimum atomic E-state index is -4.40. The number of aromatic nitrogens is 3. The van der Waals surface area contributed by atoms with Crippen LogP contribution < -0.4 is 10.5 Å². The summed E-state index contributed by atoms with van der Waals surface area (Å²) in [4.78, 5) is 33.7. The first kappa shape index (κ1) is 23.9. The molecule has 1 aliphatic rings. The molecule has 10 heteroatoms. The van der Waals surface area contributed by atoms with Gasteiger partial charge in [-0.1, -0.05) is 25.1 Å². The molecule has 0 bridgehead atoms. The molecular formula is C26H26F3N5O2. The number of benzene rings is 2. The predicted molar refractivity (Wildman–Crippen MR) is 131 cm³/mol. The van der Waals surface area contributed by atoms with Crippen molar-refractivity contribution in [3.63, 3.8) is 0 Å². The summed E-state index contributed by atoms with van der Waals surface area (Å²) in [7, 11) is 0. The molecule has 0 N–H and O–H groups in total. The van der Waals surface area contributed by atoms with Crippen LogP contribution in [0.15, 0.2) is 59.4 Å². The lowest BCUT2D eigenvalue weighted by molar-refractivity contribution is -0.137. The van der Waals surface area contributed by atoms with Gasteiger partial charge in [0.05, 0.1) is 11.1 Å². The first-order valence-corrected chi connectivity index (χ1v) is 11.9. The summed E-state index contributed by atoms with van der Waals surface area (Å²) in [5, 5.41) is 0.791. The molecule has 0 spiro atoms. The van der Waals surface area contributed by atoms with Crippen molar-refractivity contribution in [1.82, 2.24) is 19.1 Å². The number of piperazine rings is 1. The molecule has 1 aliphatic heterocycles. The van der Waals surface area contributed by atoms with Gasteiger partial charge in [0.25, 0.3) is 5.56 Å². The Bertz CT molecular complexity index is 1500. The number of amides is 1. The average molecular weight is 498 g/mol. The van der Waals surface area contributed by atoms with E-state index in [0.717, 1.165) is 23.0 Å². The molecule has 1 fully saturated rings. The van der Waals surface area contributed by atoms with E-state index in [0.29, 0.717) is 49.6 Å². The third-order valence-electron chi connectivity index (χ3n) is 6.79. The number of fused-ring (bicyclic) bond motifs is 3. The van der Waals surface area contributed by atoms with Gasteiger partial charge in [-0.15, -0.1) is 0 Å². The quantitative estimate of drug-likeness (QED) is 0.422. The minimum absolute atomic E-state index is 0.0676. The van der Waals surface area contributed by atoms with Crippen LogP contribution in [0.2, 0.25) is 0 Å². The molecule has 0 aliphatic carbocycles. The molecule has 188 valence electrons. The maximum Gasteiger partial charge on any atom is 0.416 e. The monoisotopic (exact) mass is 497 g/mol. The van der Waals surface area contributed by atoms with Gasteiger partial charge in [0, 0.05) is 49.0 Å². The topological polar surface area (TPSA) is 62.9 Å². The lowest BCUT2D eigenvalue weighted by Gasteiger charge is -2.38. The number of alkyl halides is 3. The van der Waals surface area contributed by atoms with Gasteiger partial charge in [-0.3, -0.25) is 14.3 Å². The number of hydrogen-bond donors (Lipinski definition) is 0. The Labute approximate surface area is 205 Å². The summed E-state index contributed by atoms with van der Waals surface area (Å²) in [6.07, 6.45) is -3.88. The number of carbonyl (C=O) groups excluding carboxylic acids is 1. The summed E-state index contributed by atoms with van der Waals surface area (Å²) >= 11 is 0. The van der Waals surface area contributed by atoms with Crippen LogP contribution in [-0.4, -0.2) is 51.2 Å². The summed E-state index contributed by atoms with van der Waals surface area (Å²) in [6, 6.07) is 13.8. The molecule has 5 rings (SSSR count). The Morgan fingerprint density at radius 2 is 1.75 bits per heavy atom. The van der Waals surface area contributed by atoms with Crippen LogP contribution in [0.5, 0.6) is 0 Å². The zero-order chi connectivity index (χ0) is 25.6. The highest BCUT2D eigenvalue weighted by atomic mass is 19.4. The van der Waals surface area contributed by atoms with Gasteiger partial charge in [-0.25, -0.2) is 4.52 Å². The van der Waals surface area contributed by atoms with E-state index in [9.17, 15) is 22.8 Å². The van der Waals surface area contributed by atoms with Gasteiger partial charge >= 0.3 is 6.18 Å². The SMILES string of the molecule is CCC(C(=O)N1CCN(c2cccc(C(F)(F)F)c2)CC1)n1c2ccccc2c2nc(=O)cc(C)n21. The Hall–Kier alpha value is -3.82. The fourth-order valence-electron chi connectivity index (χ4n) is 5.04. The number of aryl methyl sites for hydroxylation is 1. The Morgan fingerprint density at radius 1 is 1.03 bits per heavy atom. The average Bonchev–Trinajstić information content (AvgIpc) is 3.19. The summed E-state index contributed by atoms with van der Waals surface area (Å²) in [5.74, 6) is -0.0676. The van der Waals surface area contributed by atoms with Gasteiger partial charge in [-0.05, 0) is 43.7 Å². The Morgan fingerprint density at radius 3 is 2.44 bits per heavy atom. The molecule has 4 aromatic rings. The minimum Gasteiger partial charge on any atom is -0.368 e. The second-order valence-corrected chi connectivity index (χ2v) is 9.02. The number of rotatable bonds is 4. The molecule has 1 unspecified atom stereocenters. The number of carbonyl (C=O) groups is 1. The van der Waals surface area contributed by atoms with Crippen LogP contribution >= 0.6 is 0 Å². The number of anilines is 1. The summed E-state index contributed by atoms with van der Waals surface area (Å²) < 4.78 is 43.2. The van der Waals surface area contributed by atoms with E-state index >= 15 is 0 Å². The van der Waals surface area contributed by atoms with Crippen molar-refractivity contribution in [2.45, 2.75) is 32.5 Å². The predicted octanol–water partition coefficient (Wildman–Crippen LogP) is 4.28. The first-order valence-electron chi connectivity index (χ1n) is 11.9. The molecule has 2 aromatic carbocycles. The van der Waals surface area contributed by atoms with Crippen molar-refractivity contribution >= 4 is 28.1 Å². The molecule has 0 radical (unpaired) electrons. The van der Waals surface area contributed by atoms with Crippen LogP contribution in [0, 0.1) is 6.92 Å². The highest BCUT2D eigenvalue weighted by molar-refractivity contribution is 5.94. The van der Waals surface area contributed by atoms with Crippen LogP contribution in [0.4, 0.5) is 18.9 Å². The van der Waals surface area contributed by atoms with Gasteiger partial charge < -0.3 is 9.80 Å². The van der Waals surface area contributed by atoms with Gasteiger partial charge in [0.15, 0.2) is 5.65 Å².